The van der Waals surface area contributed by atoms with Crippen LogP contribution in [0.4, 0.5) is 0 Å². The lowest BCUT2D eigenvalue weighted by atomic mass is 10.1. The van der Waals surface area contributed by atoms with Crippen LogP contribution in [0.3, 0.4) is 0 Å². The van der Waals surface area contributed by atoms with Crippen molar-refractivity contribution >= 4 is 0 Å². The monoisotopic (exact) mass is 277 g/mol. The molecule has 0 saturated carbocycles. The molecule has 0 radical (unpaired) electrons. The van der Waals surface area contributed by atoms with Crippen molar-refractivity contribution in [1.82, 2.24) is 0 Å². The maximum atomic E-state index is 5.41. The third-order valence-electron chi connectivity index (χ3n) is 4.32. The van der Waals surface area contributed by atoms with E-state index in [0.717, 1.165) is 6.61 Å². The van der Waals surface area contributed by atoms with Crippen molar-refractivity contribution < 1.29 is 21.6 Å². The van der Waals surface area contributed by atoms with Crippen LogP contribution >= 0.6 is 0 Å². The molecule has 18 heavy (non-hydrogen) atoms. The molecule has 0 N–H and O–H groups in total. The van der Waals surface area contributed by atoms with Gasteiger partial charge in [-0.25, -0.2) is 0 Å². The second kappa shape index (κ2) is 10.1. The van der Waals surface area contributed by atoms with E-state index in [1.54, 1.807) is 0 Å². The topological polar surface area (TPSA) is 12.5 Å². The zero-order chi connectivity index (χ0) is 12.6. The van der Waals surface area contributed by atoms with Crippen LogP contribution in [0.1, 0.15) is 59.3 Å². The minimum absolute atomic E-state index is 0. The summed E-state index contributed by atoms with van der Waals surface area (Å²) in [4.78, 5) is 0. The highest BCUT2D eigenvalue weighted by atomic mass is 35.5. The largest absolute Gasteiger partial charge is 1.00 e. The van der Waals surface area contributed by atoms with E-state index in [1.807, 2.05) is 0 Å². The minimum atomic E-state index is 0. The van der Waals surface area contributed by atoms with E-state index in [4.69, 9.17) is 4.74 Å². The van der Waals surface area contributed by atoms with Crippen LogP contribution in [0.15, 0.2) is 0 Å². The highest BCUT2D eigenvalue weighted by Gasteiger charge is 2.34. The molecule has 1 fully saturated rings. The average molecular weight is 278 g/mol. The lowest BCUT2D eigenvalue weighted by molar-refractivity contribution is -0.925. The van der Waals surface area contributed by atoms with E-state index >= 15 is 0 Å². The summed E-state index contributed by atoms with van der Waals surface area (Å²) in [6.07, 6.45) is 9.03. The number of rotatable bonds is 11. The number of likely N-dealkylation sites (N-methyl/N-ethyl adjacent to an activating group) is 1. The van der Waals surface area contributed by atoms with Gasteiger partial charge in [-0.1, -0.05) is 32.6 Å². The van der Waals surface area contributed by atoms with Gasteiger partial charge in [0.05, 0.1) is 26.2 Å². The number of unbranched alkanes of at least 4 members (excludes halogenated alkanes) is 5. The Labute approximate surface area is 120 Å². The molecular weight excluding hydrogens is 246 g/mol. The summed E-state index contributed by atoms with van der Waals surface area (Å²) in [5, 5.41) is 0. The summed E-state index contributed by atoms with van der Waals surface area (Å²) in [7, 11) is 0. The van der Waals surface area contributed by atoms with E-state index < -0.39 is 0 Å². The van der Waals surface area contributed by atoms with Gasteiger partial charge in [-0.05, 0) is 26.7 Å². The Hall–Kier alpha value is 0.210. The van der Waals surface area contributed by atoms with E-state index in [2.05, 4.69) is 20.8 Å². The van der Waals surface area contributed by atoms with Crippen molar-refractivity contribution in [2.75, 3.05) is 32.8 Å². The van der Waals surface area contributed by atoms with Gasteiger partial charge in [-0.2, -0.15) is 0 Å². The quantitative estimate of drug-likeness (QED) is 0.306. The number of hydrogen-bond donors (Lipinski definition) is 0. The first kappa shape index (κ1) is 18.2. The number of nitrogens with zero attached hydrogens (tertiary/aromatic N) is 1. The molecule has 1 aliphatic rings. The molecule has 0 amide bonds. The summed E-state index contributed by atoms with van der Waals surface area (Å²) in [6, 6.07) is 0. The highest BCUT2D eigenvalue weighted by Crippen LogP contribution is 2.19. The predicted octanol–water partition coefficient (Wildman–Crippen LogP) is 0.606. The van der Waals surface area contributed by atoms with Gasteiger partial charge < -0.3 is 21.6 Å². The van der Waals surface area contributed by atoms with Gasteiger partial charge in [-0.3, -0.25) is 0 Å². The predicted molar refractivity (Wildman–Crippen MR) is 74.2 cm³/mol. The standard InChI is InChI=1S/C15H32NO.ClH/c1-4-7-8-9-10-11-12-16(5-2,6-3)13-15-14-17-15;/h15H,4-14H2,1-3H3;1H/q+1;/p-1. The fraction of sp³-hybridized carbons (Fsp3) is 1.00. The molecular formula is C15H32ClNO. The Bertz CT molecular complexity index is 191. The van der Waals surface area contributed by atoms with E-state index in [-0.39, 0.29) is 12.4 Å². The number of halogens is 1. The van der Waals surface area contributed by atoms with Gasteiger partial charge in [0, 0.05) is 0 Å². The van der Waals surface area contributed by atoms with Crippen molar-refractivity contribution in [2.24, 2.45) is 0 Å². The van der Waals surface area contributed by atoms with Gasteiger partial charge in [0.25, 0.3) is 0 Å². The molecule has 110 valence electrons. The second-order valence-electron chi connectivity index (χ2n) is 5.60. The van der Waals surface area contributed by atoms with E-state index in [0.29, 0.717) is 6.10 Å². The van der Waals surface area contributed by atoms with Crippen LogP contribution in [0, 0.1) is 0 Å². The minimum Gasteiger partial charge on any atom is -1.00 e. The Morgan fingerprint density at radius 2 is 1.50 bits per heavy atom. The van der Waals surface area contributed by atoms with Crippen LogP contribution in [0.25, 0.3) is 0 Å². The van der Waals surface area contributed by atoms with Crippen LogP contribution in [0.5, 0.6) is 0 Å². The summed E-state index contributed by atoms with van der Waals surface area (Å²) in [6.45, 7) is 13.1. The molecule has 0 aromatic rings. The van der Waals surface area contributed by atoms with Crippen molar-refractivity contribution in [3.05, 3.63) is 0 Å². The number of quaternary nitrogens is 1. The first-order valence-corrected chi connectivity index (χ1v) is 7.73. The molecule has 1 atom stereocenters. The summed E-state index contributed by atoms with van der Waals surface area (Å²) >= 11 is 0. The van der Waals surface area contributed by atoms with Crippen molar-refractivity contribution in [1.29, 1.82) is 0 Å². The first-order valence-electron chi connectivity index (χ1n) is 7.73. The molecule has 1 heterocycles. The summed E-state index contributed by atoms with van der Waals surface area (Å²) in [5.74, 6) is 0. The average Bonchev–Trinajstić information content (AvgIpc) is 3.16. The summed E-state index contributed by atoms with van der Waals surface area (Å²) < 4.78 is 6.69. The highest BCUT2D eigenvalue weighted by molar-refractivity contribution is 4.68. The zero-order valence-electron chi connectivity index (χ0n) is 12.6. The lowest BCUT2D eigenvalue weighted by Crippen LogP contribution is -3.00. The van der Waals surface area contributed by atoms with Crippen molar-refractivity contribution in [3.8, 4) is 0 Å². The molecule has 0 bridgehead atoms. The molecule has 0 spiro atoms. The SMILES string of the molecule is CCCCCCCC[N+](CC)(CC)CC1CO1.[Cl-]. The van der Waals surface area contributed by atoms with Gasteiger partial charge in [0.1, 0.15) is 12.6 Å². The number of hydrogen-bond acceptors (Lipinski definition) is 1. The third kappa shape index (κ3) is 6.96. The Kier molecular flexibility index (Phi) is 10.2. The second-order valence-corrected chi connectivity index (χ2v) is 5.60. The van der Waals surface area contributed by atoms with Crippen molar-refractivity contribution in [3.63, 3.8) is 0 Å². The first-order chi connectivity index (χ1) is 8.26. The normalized spacial score (nSPS) is 18.5. The molecule has 0 aromatic heterocycles. The van der Waals surface area contributed by atoms with Crippen LogP contribution in [0.2, 0.25) is 0 Å². The molecule has 1 aliphatic heterocycles. The number of ether oxygens (including phenoxy) is 1. The van der Waals surface area contributed by atoms with Crippen LogP contribution in [-0.2, 0) is 4.74 Å². The maximum absolute atomic E-state index is 5.41. The number of epoxide rings is 1. The van der Waals surface area contributed by atoms with Crippen LogP contribution < -0.4 is 12.4 Å². The van der Waals surface area contributed by atoms with E-state index in [9.17, 15) is 0 Å². The smallest absolute Gasteiger partial charge is 0.130 e. The zero-order valence-corrected chi connectivity index (χ0v) is 13.3. The van der Waals surface area contributed by atoms with Gasteiger partial charge >= 0.3 is 0 Å². The lowest BCUT2D eigenvalue weighted by Gasteiger charge is -2.36. The van der Waals surface area contributed by atoms with Gasteiger partial charge in [0.2, 0.25) is 0 Å². The Morgan fingerprint density at radius 1 is 0.944 bits per heavy atom. The van der Waals surface area contributed by atoms with Gasteiger partial charge in [0.15, 0.2) is 0 Å². The van der Waals surface area contributed by atoms with Crippen molar-refractivity contribution in [2.45, 2.75) is 65.4 Å². The molecule has 1 rings (SSSR count). The Balaban J connectivity index is 0.00000289. The van der Waals surface area contributed by atoms with E-state index in [1.165, 1.54) is 69.2 Å². The molecule has 2 nitrogen and oxygen atoms in total. The third-order valence-corrected chi connectivity index (χ3v) is 4.32. The Morgan fingerprint density at radius 3 is 2.00 bits per heavy atom. The molecule has 3 heteroatoms. The molecule has 1 saturated heterocycles. The molecule has 0 aromatic carbocycles. The van der Waals surface area contributed by atoms with Crippen LogP contribution in [-0.4, -0.2) is 43.4 Å². The maximum Gasteiger partial charge on any atom is 0.130 e. The fourth-order valence-corrected chi connectivity index (χ4v) is 2.72. The fourth-order valence-electron chi connectivity index (χ4n) is 2.72. The molecule has 1 unspecified atom stereocenters. The summed E-state index contributed by atoms with van der Waals surface area (Å²) in [5.41, 5.74) is 0. The van der Waals surface area contributed by atoms with Gasteiger partial charge in [-0.15, -0.1) is 0 Å². The molecule has 0 aliphatic carbocycles.